The molecule has 0 amide bonds. The standard InChI is InChI=1S/C14H13BrClNO2S/c15-12-6-8-13(9-7-12)20(18,19)17-10-14(16)11-4-2-1-3-5-11/h1-9,14,17H,10H2. The molecule has 0 aliphatic heterocycles. The number of halogens is 2. The van der Waals surface area contributed by atoms with Crippen molar-refractivity contribution in [2.24, 2.45) is 0 Å². The fraction of sp³-hybridized carbons (Fsp3) is 0.143. The van der Waals surface area contributed by atoms with Gasteiger partial charge in [0.25, 0.3) is 0 Å². The highest BCUT2D eigenvalue weighted by molar-refractivity contribution is 9.10. The summed E-state index contributed by atoms with van der Waals surface area (Å²) < 4.78 is 27.5. The molecule has 0 radical (unpaired) electrons. The Bertz CT molecular complexity index is 659. The van der Waals surface area contributed by atoms with Gasteiger partial charge in [-0.3, -0.25) is 0 Å². The van der Waals surface area contributed by atoms with Crippen LogP contribution in [0.3, 0.4) is 0 Å². The second kappa shape index (κ2) is 6.72. The lowest BCUT2D eigenvalue weighted by Crippen LogP contribution is -2.27. The van der Waals surface area contributed by atoms with E-state index in [4.69, 9.17) is 11.6 Å². The summed E-state index contributed by atoms with van der Waals surface area (Å²) in [6, 6.07) is 15.8. The normalized spacial score (nSPS) is 13.1. The third kappa shape index (κ3) is 4.06. The van der Waals surface area contributed by atoms with Crippen molar-refractivity contribution in [2.75, 3.05) is 6.54 Å². The first-order valence-electron chi connectivity index (χ1n) is 5.93. The van der Waals surface area contributed by atoms with Crippen molar-refractivity contribution in [3.63, 3.8) is 0 Å². The molecule has 2 rings (SSSR count). The first-order valence-corrected chi connectivity index (χ1v) is 8.64. The first-order chi connectivity index (χ1) is 9.49. The van der Waals surface area contributed by atoms with Crippen LogP contribution in [0.5, 0.6) is 0 Å². The van der Waals surface area contributed by atoms with Crippen molar-refractivity contribution < 1.29 is 8.42 Å². The van der Waals surface area contributed by atoms with Crippen molar-refractivity contribution in [1.29, 1.82) is 0 Å². The third-order valence-electron chi connectivity index (χ3n) is 2.74. The molecule has 20 heavy (non-hydrogen) atoms. The van der Waals surface area contributed by atoms with Gasteiger partial charge in [-0.2, -0.15) is 0 Å². The zero-order valence-electron chi connectivity index (χ0n) is 10.5. The van der Waals surface area contributed by atoms with E-state index >= 15 is 0 Å². The smallest absolute Gasteiger partial charge is 0.209 e. The van der Waals surface area contributed by atoms with Crippen LogP contribution in [0.15, 0.2) is 64.0 Å². The molecular weight excluding hydrogens is 362 g/mol. The van der Waals surface area contributed by atoms with Gasteiger partial charge in [0.1, 0.15) is 0 Å². The minimum Gasteiger partial charge on any atom is -0.209 e. The topological polar surface area (TPSA) is 46.2 Å². The van der Waals surface area contributed by atoms with Gasteiger partial charge < -0.3 is 0 Å². The summed E-state index contributed by atoms with van der Waals surface area (Å²) in [6.45, 7) is 0.143. The Kier molecular flexibility index (Phi) is 5.21. The Labute approximate surface area is 132 Å². The van der Waals surface area contributed by atoms with E-state index in [-0.39, 0.29) is 11.4 Å². The molecule has 0 aliphatic carbocycles. The zero-order valence-corrected chi connectivity index (χ0v) is 13.6. The number of rotatable bonds is 5. The number of hydrogen-bond donors (Lipinski definition) is 1. The van der Waals surface area contributed by atoms with Crippen LogP contribution in [0.4, 0.5) is 0 Å². The lowest BCUT2D eigenvalue weighted by atomic mass is 10.1. The molecule has 1 N–H and O–H groups in total. The molecule has 1 atom stereocenters. The van der Waals surface area contributed by atoms with Gasteiger partial charge in [0, 0.05) is 11.0 Å². The highest BCUT2D eigenvalue weighted by Crippen LogP contribution is 2.20. The molecule has 0 fully saturated rings. The minimum atomic E-state index is -3.54. The molecule has 6 heteroatoms. The van der Waals surface area contributed by atoms with Crippen LogP contribution in [0, 0.1) is 0 Å². The Morgan fingerprint density at radius 1 is 1.05 bits per heavy atom. The molecule has 0 saturated heterocycles. The monoisotopic (exact) mass is 373 g/mol. The van der Waals surface area contributed by atoms with E-state index < -0.39 is 15.4 Å². The zero-order chi connectivity index (χ0) is 14.6. The number of benzene rings is 2. The summed E-state index contributed by atoms with van der Waals surface area (Å²) in [5.74, 6) is 0. The van der Waals surface area contributed by atoms with E-state index in [2.05, 4.69) is 20.7 Å². The molecule has 0 bridgehead atoms. The largest absolute Gasteiger partial charge is 0.240 e. The van der Waals surface area contributed by atoms with Crippen LogP contribution in [0.2, 0.25) is 0 Å². The maximum Gasteiger partial charge on any atom is 0.240 e. The molecule has 0 heterocycles. The number of hydrogen-bond acceptors (Lipinski definition) is 2. The average molecular weight is 375 g/mol. The molecule has 3 nitrogen and oxygen atoms in total. The highest BCUT2D eigenvalue weighted by Gasteiger charge is 2.16. The second-order valence-electron chi connectivity index (χ2n) is 4.18. The summed E-state index contributed by atoms with van der Waals surface area (Å²) in [7, 11) is -3.54. The Morgan fingerprint density at radius 3 is 2.25 bits per heavy atom. The molecule has 0 aliphatic rings. The van der Waals surface area contributed by atoms with Gasteiger partial charge in [-0.25, -0.2) is 13.1 Å². The van der Waals surface area contributed by atoms with E-state index in [9.17, 15) is 8.42 Å². The molecule has 1 unspecified atom stereocenters. The van der Waals surface area contributed by atoms with Gasteiger partial charge in [0.2, 0.25) is 10.0 Å². The summed E-state index contributed by atoms with van der Waals surface area (Å²) in [4.78, 5) is 0.220. The minimum absolute atomic E-state index is 0.143. The van der Waals surface area contributed by atoms with Gasteiger partial charge in [0.05, 0.1) is 10.3 Å². The second-order valence-corrected chi connectivity index (χ2v) is 7.39. The van der Waals surface area contributed by atoms with Crippen LogP contribution in [-0.2, 0) is 10.0 Å². The van der Waals surface area contributed by atoms with Crippen molar-refractivity contribution in [3.05, 3.63) is 64.6 Å². The lowest BCUT2D eigenvalue weighted by molar-refractivity contribution is 0.581. The Morgan fingerprint density at radius 2 is 1.65 bits per heavy atom. The third-order valence-corrected chi connectivity index (χ3v) is 5.11. The van der Waals surface area contributed by atoms with Crippen molar-refractivity contribution in [1.82, 2.24) is 4.72 Å². The van der Waals surface area contributed by atoms with Crippen LogP contribution in [-0.4, -0.2) is 15.0 Å². The SMILES string of the molecule is O=S(=O)(NCC(Cl)c1ccccc1)c1ccc(Br)cc1. The molecule has 0 aromatic heterocycles. The quantitative estimate of drug-likeness (QED) is 0.811. The maximum absolute atomic E-state index is 12.1. The highest BCUT2D eigenvalue weighted by atomic mass is 79.9. The molecule has 106 valence electrons. The van der Waals surface area contributed by atoms with Crippen molar-refractivity contribution in [2.45, 2.75) is 10.3 Å². The Balaban J connectivity index is 2.04. The van der Waals surface area contributed by atoms with Gasteiger partial charge >= 0.3 is 0 Å². The van der Waals surface area contributed by atoms with Gasteiger partial charge in [-0.1, -0.05) is 46.3 Å². The number of sulfonamides is 1. The summed E-state index contributed by atoms with van der Waals surface area (Å²) >= 11 is 9.46. The number of nitrogens with one attached hydrogen (secondary N) is 1. The lowest BCUT2D eigenvalue weighted by Gasteiger charge is -2.11. The molecule has 0 saturated carbocycles. The summed E-state index contributed by atoms with van der Waals surface area (Å²) in [6.07, 6.45) is 0. The predicted molar refractivity (Wildman–Crippen MR) is 84.4 cm³/mol. The van der Waals surface area contributed by atoms with E-state index in [1.165, 1.54) is 12.1 Å². The summed E-state index contributed by atoms with van der Waals surface area (Å²) in [5.41, 5.74) is 0.882. The molecular formula is C14H13BrClNO2S. The molecule has 0 spiro atoms. The van der Waals surface area contributed by atoms with Crippen LogP contribution < -0.4 is 4.72 Å². The van der Waals surface area contributed by atoms with Crippen LogP contribution in [0.1, 0.15) is 10.9 Å². The first kappa shape index (κ1) is 15.5. The van der Waals surface area contributed by atoms with E-state index in [0.29, 0.717) is 0 Å². The average Bonchev–Trinajstić information content (AvgIpc) is 2.46. The fourth-order valence-corrected chi connectivity index (χ4v) is 3.29. The summed E-state index contributed by atoms with van der Waals surface area (Å²) in [5, 5.41) is -0.401. The fourth-order valence-electron chi connectivity index (χ4n) is 1.66. The van der Waals surface area contributed by atoms with Gasteiger partial charge in [0.15, 0.2) is 0 Å². The van der Waals surface area contributed by atoms with Crippen molar-refractivity contribution >= 4 is 37.6 Å². The molecule has 2 aromatic carbocycles. The van der Waals surface area contributed by atoms with E-state index in [1.54, 1.807) is 12.1 Å². The van der Waals surface area contributed by atoms with E-state index in [1.807, 2.05) is 30.3 Å². The van der Waals surface area contributed by atoms with Gasteiger partial charge in [-0.05, 0) is 29.8 Å². The van der Waals surface area contributed by atoms with Gasteiger partial charge in [-0.15, -0.1) is 11.6 Å². The van der Waals surface area contributed by atoms with Crippen LogP contribution in [0.25, 0.3) is 0 Å². The maximum atomic E-state index is 12.1. The van der Waals surface area contributed by atoms with Crippen molar-refractivity contribution in [3.8, 4) is 0 Å². The predicted octanol–water partition coefficient (Wildman–Crippen LogP) is 3.71. The number of alkyl halides is 1. The van der Waals surface area contributed by atoms with Crippen LogP contribution >= 0.6 is 27.5 Å². The Hall–Kier alpha value is -0.880. The molecule has 2 aromatic rings. The van der Waals surface area contributed by atoms with E-state index in [0.717, 1.165) is 10.0 Å².